The van der Waals surface area contributed by atoms with Crippen LogP contribution < -0.4 is 21.3 Å². The fourth-order valence-electron chi connectivity index (χ4n) is 2.84. The molecule has 184 valence electrons. The molecule has 0 fully saturated rings. The predicted molar refractivity (Wildman–Crippen MR) is 124 cm³/mol. The van der Waals surface area contributed by atoms with Gasteiger partial charge in [0.1, 0.15) is 12.4 Å². The number of alkyl halides is 3. The Kier molecular flexibility index (Phi) is 7.59. The van der Waals surface area contributed by atoms with Gasteiger partial charge in [0, 0.05) is 17.1 Å². The molecular formula is C21H19ClF3N7O3. The Bertz CT molecular complexity index is 1270. The highest BCUT2D eigenvalue weighted by atomic mass is 35.5. The van der Waals surface area contributed by atoms with Gasteiger partial charge < -0.3 is 26.4 Å². The summed E-state index contributed by atoms with van der Waals surface area (Å²) in [7, 11) is 0. The Hall–Kier alpha value is -4.13. The summed E-state index contributed by atoms with van der Waals surface area (Å²) >= 11 is 5.60. The monoisotopic (exact) mass is 509 g/mol. The van der Waals surface area contributed by atoms with Gasteiger partial charge in [-0.25, -0.2) is 4.79 Å². The quantitative estimate of drug-likeness (QED) is 0.298. The van der Waals surface area contributed by atoms with Gasteiger partial charge in [0.15, 0.2) is 0 Å². The number of halogens is 4. The second-order valence-electron chi connectivity index (χ2n) is 7.20. The van der Waals surface area contributed by atoms with E-state index in [0.29, 0.717) is 17.2 Å². The van der Waals surface area contributed by atoms with Gasteiger partial charge in [0.25, 0.3) is 0 Å². The van der Waals surface area contributed by atoms with Crippen molar-refractivity contribution in [2.75, 3.05) is 27.8 Å². The van der Waals surface area contributed by atoms with E-state index < -0.39 is 28.8 Å². The van der Waals surface area contributed by atoms with E-state index in [2.05, 4.69) is 36.2 Å². The first-order chi connectivity index (χ1) is 16.4. The van der Waals surface area contributed by atoms with Crippen LogP contribution in [-0.4, -0.2) is 38.6 Å². The number of urea groups is 1. The highest BCUT2D eigenvalue weighted by Gasteiger charge is 2.33. The van der Waals surface area contributed by atoms with Crippen LogP contribution in [0.3, 0.4) is 0 Å². The Morgan fingerprint density at radius 2 is 1.60 bits per heavy atom. The Morgan fingerprint density at radius 1 is 0.971 bits per heavy atom. The lowest BCUT2D eigenvalue weighted by molar-refractivity contribution is -0.137. The van der Waals surface area contributed by atoms with Gasteiger partial charge in [0.2, 0.25) is 11.9 Å². The van der Waals surface area contributed by atoms with Gasteiger partial charge in [-0.1, -0.05) is 17.7 Å². The molecule has 14 heteroatoms. The van der Waals surface area contributed by atoms with Crippen LogP contribution >= 0.6 is 11.6 Å². The van der Waals surface area contributed by atoms with E-state index in [1.807, 2.05) is 0 Å². The number of anilines is 5. The van der Waals surface area contributed by atoms with Crippen molar-refractivity contribution in [1.29, 1.82) is 0 Å². The molecule has 0 atom stereocenters. The number of carbonyl (C=O) groups is 2. The lowest BCUT2D eigenvalue weighted by Gasteiger charge is -2.14. The zero-order chi connectivity index (χ0) is 25.8. The second-order valence-corrected chi connectivity index (χ2v) is 7.61. The molecule has 0 aliphatic carbocycles. The minimum Gasteiger partial charge on any atom is -0.480 e. The number of benzene rings is 2. The van der Waals surface area contributed by atoms with E-state index in [9.17, 15) is 22.8 Å². The molecule has 0 radical (unpaired) electrons. The Labute approximate surface area is 202 Å². The molecule has 0 aliphatic heterocycles. The topological polar surface area (TPSA) is 141 Å². The van der Waals surface area contributed by atoms with E-state index in [4.69, 9.17) is 16.7 Å². The molecule has 2 aromatic carbocycles. The first kappa shape index (κ1) is 25.5. The summed E-state index contributed by atoms with van der Waals surface area (Å²) in [4.78, 5) is 35.4. The summed E-state index contributed by atoms with van der Waals surface area (Å²) in [5, 5.41) is 18.7. The third-order valence-corrected chi connectivity index (χ3v) is 4.75. The van der Waals surface area contributed by atoms with E-state index in [0.717, 1.165) is 17.7 Å². The van der Waals surface area contributed by atoms with Gasteiger partial charge in [-0.15, -0.1) is 0 Å². The van der Waals surface area contributed by atoms with Crippen LogP contribution in [0.25, 0.3) is 0 Å². The zero-order valence-corrected chi connectivity index (χ0v) is 19.0. The lowest BCUT2D eigenvalue weighted by atomic mass is 10.2. The van der Waals surface area contributed by atoms with Crippen molar-refractivity contribution in [2.24, 2.45) is 0 Å². The van der Waals surface area contributed by atoms with Crippen molar-refractivity contribution >= 4 is 52.6 Å². The molecule has 0 aliphatic rings. The van der Waals surface area contributed by atoms with E-state index in [-0.39, 0.29) is 24.1 Å². The van der Waals surface area contributed by atoms with Crippen molar-refractivity contribution in [3.63, 3.8) is 0 Å². The molecule has 0 bridgehead atoms. The Balaban J connectivity index is 1.73. The number of hydrogen-bond donors (Lipinski definition) is 5. The summed E-state index contributed by atoms with van der Waals surface area (Å²) in [5.74, 6) is -0.549. The summed E-state index contributed by atoms with van der Waals surface area (Å²) in [6.45, 7) is 3.01. The molecule has 0 unspecified atom stereocenters. The molecule has 0 saturated carbocycles. The molecule has 10 nitrogen and oxygen atoms in total. The van der Waals surface area contributed by atoms with Crippen molar-refractivity contribution in [3.8, 4) is 0 Å². The van der Waals surface area contributed by atoms with Crippen molar-refractivity contribution in [1.82, 2.24) is 15.0 Å². The third kappa shape index (κ3) is 7.17. The maximum absolute atomic E-state index is 13.0. The van der Waals surface area contributed by atoms with Crippen molar-refractivity contribution < 1.29 is 27.9 Å². The van der Waals surface area contributed by atoms with Crippen LogP contribution in [0.2, 0.25) is 5.02 Å². The van der Waals surface area contributed by atoms with Crippen LogP contribution in [0.1, 0.15) is 17.0 Å². The SMILES string of the molecule is Cc1nc(NCC(=O)O)nc(Nc2cc(NC(=O)Nc3ccc(Cl)c(C(F)(F)F)c3)ccc2C)n1. The number of rotatable bonds is 7. The van der Waals surface area contributed by atoms with Gasteiger partial charge >= 0.3 is 18.2 Å². The molecule has 2 amide bonds. The number of amides is 2. The number of aryl methyl sites for hydroxylation is 2. The van der Waals surface area contributed by atoms with Crippen molar-refractivity contribution in [2.45, 2.75) is 20.0 Å². The van der Waals surface area contributed by atoms with Gasteiger partial charge in [-0.2, -0.15) is 28.1 Å². The van der Waals surface area contributed by atoms with Crippen LogP contribution in [0.15, 0.2) is 36.4 Å². The highest BCUT2D eigenvalue weighted by molar-refractivity contribution is 6.31. The standard InChI is InChI=1S/C21H19ClF3N7O3/c1-10-3-4-13(30-20(35)29-12-5-6-15(22)14(7-12)21(23,24)25)8-16(10)31-19-28-11(2)27-18(32-19)26-9-17(33)34/h3-8H,9H2,1-2H3,(H,33,34)(H2,29,30,35)(H2,26,27,28,31,32). The molecule has 0 saturated heterocycles. The van der Waals surface area contributed by atoms with Crippen LogP contribution in [0, 0.1) is 13.8 Å². The molecule has 3 rings (SSSR count). The van der Waals surface area contributed by atoms with Crippen LogP contribution in [0.4, 0.5) is 46.9 Å². The Morgan fingerprint density at radius 3 is 2.26 bits per heavy atom. The van der Waals surface area contributed by atoms with Crippen molar-refractivity contribution in [3.05, 3.63) is 58.4 Å². The van der Waals surface area contributed by atoms with E-state index in [1.54, 1.807) is 32.0 Å². The first-order valence-corrected chi connectivity index (χ1v) is 10.3. The lowest BCUT2D eigenvalue weighted by Crippen LogP contribution is -2.20. The number of carbonyl (C=O) groups excluding carboxylic acids is 1. The summed E-state index contributed by atoms with van der Waals surface area (Å²) in [6, 6.07) is 7.13. The number of carboxylic acid groups (broad SMARTS) is 1. The fourth-order valence-corrected chi connectivity index (χ4v) is 3.06. The number of carboxylic acids is 1. The molecule has 0 spiro atoms. The first-order valence-electron chi connectivity index (χ1n) is 9.91. The smallest absolute Gasteiger partial charge is 0.417 e. The summed E-state index contributed by atoms with van der Waals surface area (Å²) < 4.78 is 39.1. The fraction of sp³-hybridized carbons (Fsp3) is 0.190. The molecular weight excluding hydrogens is 491 g/mol. The van der Waals surface area contributed by atoms with E-state index in [1.165, 1.54) is 6.07 Å². The van der Waals surface area contributed by atoms with E-state index >= 15 is 0 Å². The molecule has 1 aromatic heterocycles. The minimum atomic E-state index is -4.67. The summed E-state index contributed by atoms with van der Waals surface area (Å²) in [5.41, 5.74) is 0.455. The molecule has 1 heterocycles. The highest BCUT2D eigenvalue weighted by Crippen LogP contribution is 2.36. The number of aliphatic carboxylic acids is 1. The largest absolute Gasteiger partial charge is 0.480 e. The average Bonchev–Trinajstić information content (AvgIpc) is 2.75. The maximum atomic E-state index is 13.0. The normalized spacial score (nSPS) is 11.0. The maximum Gasteiger partial charge on any atom is 0.417 e. The van der Waals surface area contributed by atoms with Gasteiger partial charge in [-0.3, -0.25) is 4.79 Å². The number of nitrogens with zero attached hydrogens (tertiary/aromatic N) is 3. The third-order valence-electron chi connectivity index (χ3n) is 4.42. The molecule has 3 aromatic rings. The molecule has 35 heavy (non-hydrogen) atoms. The average molecular weight is 510 g/mol. The summed E-state index contributed by atoms with van der Waals surface area (Å²) in [6.07, 6.45) is -4.67. The number of aromatic nitrogens is 3. The van der Waals surface area contributed by atoms with Crippen LogP contribution in [-0.2, 0) is 11.0 Å². The van der Waals surface area contributed by atoms with Crippen LogP contribution in [0.5, 0.6) is 0 Å². The minimum absolute atomic E-state index is 0.0647. The number of nitrogens with one attached hydrogen (secondary N) is 4. The predicted octanol–water partition coefficient (Wildman–Crippen LogP) is 5.04. The van der Waals surface area contributed by atoms with Gasteiger partial charge in [-0.05, 0) is 49.7 Å². The second kappa shape index (κ2) is 10.4. The zero-order valence-electron chi connectivity index (χ0n) is 18.3. The van der Waals surface area contributed by atoms with Gasteiger partial charge in [0.05, 0.1) is 10.6 Å². The number of hydrogen-bond acceptors (Lipinski definition) is 7. The molecule has 5 N–H and O–H groups in total.